The van der Waals surface area contributed by atoms with E-state index >= 15 is 0 Å². The molecule has 0 heterocycles. The van der Waals surface area contributed by atoms with Crippen molar-refractivity contribution in [1.82, 2.24) is 0 Å². The minimum absolute atomic E-state index is 0.698. The van der Waals surface area contributed by atoms with E-state index < -0.39 is 0 Å². The molecule has 3 heteroatoms. The van der Waals surface area contributed by atoms with Crippen molar-refractivity contribution in [3.05, 3.63) is 54.1 Å². The van der Waals surface area contributed by atoms with Gasteiger partial charge in [-0.05, 0) is 48.9 Å². The molecule has 2 rings (SSSR count). The monoisotopic (exact) mass is 257 g/mol. The highest BCUT2D eigenvalue weighted by molar-refractivity contribution is 5.46. The van der Waals surface area contributed by atoms with Crippen molar-refractivity contribution >= 4 is 5.69 Å². The maximum absolute atomic E-state index is 5.41. The Morgan fingerprint density at radius 1 is 0.895 bits per heavy atom. The van der Waals surface area contributed by atoms with Gasteiger partial charge in [0.2, 0.25) is 0 Å². The average molecular weight is 257 g/mol. The molecular weight excluding hydrogens is 238 g/mol. The summed E-state index contributed by atoms with van der Waals surface area (Å²) in [6.07, 6.45) is 0. The molecule has 0 fully saturated rings. The van der Waals surface area contributed by atoms with Crippen LogP contribution in [0.3, 0.4) is 0 Å². The van der Waals surface area contributed by atoms with Crippen molar-refractivity contribution in [3.8, 4) is 11.5 Å². The fourth-order valence-corrected chi connectivity index (χ4v) is 1.78. The molecule has 0 atom stereocenters. The maximum Gasteiger partial charge on any atom is 0.119 e. The number of ether oxygens (including phenoxy) is 2. The van der Waals surface area contributed by atoms with Gasteiger partial charge < -0.3 is 14.8 Å². The van der Waals surface area contributed by atoms with E-state index in [0.29, 0.717) is 6.61 Å². The molecule has 0 unspecified atom stereocenters. The zero-order valence-corrected chi connectivity index (χ0v) is 11.3. The van der Waals surface area contributed by atoms with Gasteiger partial charge in [-0.2, -0.15) is 0 Å². The molecule has 19 heavy (non-hydrogen) atoms. The zero-order valence-electron chi connectivity index (χ0n) is 11.3. The second kappa shape index (κ2) is 6.69. The van der Waals surface area contributed by atoms with Crippen LogP contribution in [0, 0.1) is 0 Å². The van der Waals surface area contributed by atoms with Crippen LogP contribution in [0.2, 0.25) is 0 Å². The second-order valence-electron chi connectivity index (χ2n) is 4.16. The third kappa shape index (κ3) is 3.91. The van der Waals surface area contributed by atoms with Gasteiger partial charge in [0.1, 0.15) is 11.5 Å². The number of nitrogens with one attached hydrogen (secondary N) is 1. The van der Waals surface area contributed by atoms with Gasteiger partial charge in [-0.25, -0.2) is 0 Å². The molecule has 1 N–H and O–H groups in total. The van der Waals surface area contributed by atoms with Crippen LogP contribution >= 0.6 is 0 Å². The first-order valence-corrected chi connectivity index (χ1v) is 6.41. The number of methoxy groups -OCH3 is 1. The third-order valence-corrected chi connectivity index (χ3v) is 2.82. The molecule has 0 aromatic heterocycles. The Bertz CT molecular complexity index is 491. The highest BCUT2D eigenvalue weighted by atomic mass is 16.5. The van der Waals surface area contributed by atoms with E-state index in [-0.39, 0.29) is 0 Å². The van der Waals surface area contributed by atoms with Crippen LogP contribution in [0.15, 0.2) is 48.5 Å². The summed E-state index contributed by atoms with van der Waals surface area (Å²) in [5.74, 6) is 1.78. The molecule has 0 spiro atoms. The number of hydrogen-bond donors (Lipinski definition) is 1. The summed E-state index contributed by atoms with van der Waals surface area (Å²) in [5.41, 5.74) is 2.30. The zero-order chi connectivity index (χ0) is 13.5. The quantitative estimate of drug-likeness (QED) is 0.855. The number of benzene rings is 2. The maximum atomic E-state index is 5.41. The van der Waals surface area contributed by atoms with Crippen molar-refractivity contribution in [3.63, 3.8) is 0 Å². The van der Waals surface area contributed by atoms with E-state index in [2.05, 4.69) is 17.4 Å². The highest BCUT2D eigenvalue weighted by Crippen LogP contribution is 2.17. The van der Waals surface area contributed by atoms with Crippen molar-refractivity contribution in [1.29, 1.82) is 0 Å². The lowest BCUT2D eigenvalue weighted by Crippen LogP contribution is -1.99. The Balaban J connectivity index is 1.90. The van der Waals surface area contributed by atoms with Gasteiger partial charge in [-0.15, -0.1) is 0 Å². The lowest BCUT2D eigenvalue weighted by molar-refractivity contribution is 0.340. The van der Waals surface area contributed by atoms with E-state index in [4.69, 9.17) is 9.47 Å². The molecule has 3 nitrogen and oxygen atoms in total. The summed E-state index contributed by atoms with van der Waals surface area (Å²) >= 11 is 0. The second-order valence-corrected chi connectivity index (χ2v) is 4.16. The summed E-state index contributed by atoms with van der Waals surface area (Å²) in [6, 6.07) is 16.0. The topological polar surface area (TPSA) is 30.5 Å². The SMILES string of the molecule is CCOc1ccc(CNc2ccc(OC)cc2)cc1. The van der Waals surface area contributed by atoms with Gasteiger partial charge >= 0.3 is 0 Å². The van der Waals surface area contributed by atoms with Crippen molar-refractivity contribution in [2.24, 2.45) is 0 Å². The van der Waals surface area contributed by atoms with Gasteiger partial charge in [0, 0.05) is 12.2 Å². The smallest absolute Gasteiger partial charge is 0.119 e. The van der Waals surface area contributed by atoms with Crippen molar-refractivity contribution < 1.29 is 9.47 Å². The van der Waals surface area contributed by atoms with Crippen molar-refractivity contribution in [2.45, 2.75) is 13.5 Å². The van der Waals surface area contributed by atoms with Gasteiger partial charge in [0.15, 0.2) is 0 Å². The molecular formula is C16H19NO2. The van der Waals surface area contributed by atoms with Crippen LogP contribution in [0.25, 0.3) is 0 Å². The lowest BCUT2D eigenvalue weighted by atomic mass is 10.2. The molecule has 100 valence electrons. The molecule has 0 saturated carbocycles. The molecule has 2 aromatic carbocycles. The molecule has 0 bridgehead atoms. The Morgan fingerprint density at radius 3 is 2.11 bits per heavy atom. The first-order valence-electron chi connectivity index (χ1n) is 6.41. The van der Waals surface area contributed by atoms with Crippen molar-refractivity contribution in [2.75, 3.05) is 19.0 Å². The molecule has 2 aromatic rings. The largest absolute Gasteiger partial charge is 0.497 e. The van der Waals surface area contributed by atoms with Crippen LogP contribution in [-0.4, -0.2) is 13.7 Å². The fraction of sp³-hybridized carbons (Fsp3) is 0.250. The average Bonchev–Trinajstić information content (AvgIpc) is 2.47. The predicted molar refractivity (Wildman–Crippen MR) is 77.9 cm³/mol. The lowest BCUT2D eigenvalue weighted by Gasteiger charge is -2.08. The van der Waals surface area contributed by atoms with Crippen LogP contribution < -0.4 is 14.8 Å². The van der Waals surface area contributed by atoms with E-state index in [1.54, 1.807) is 7.11 Å². The highest BCUT2D eigenvalue weighted by Gasteiger charge is 1.96. The minimum Gasteiger partial charge on any atom is -0.497 e. The summed E-state index contributed by atoms with van der Waals surface area (Å²) in [6.45, 7) is 3.47. The van der Waals surface area contributed by atoms with Crippen LogP contribution in [0.1, 0.15) is 12.5 Å². The van der Waals surface area contributed by atoms with E-state index in [1.165, 1.54) is 5.56 Å². The van der Waals surface area contributed by atoms with Crippen LogP contribution in [0.4, 0.5) is 5.69 Å². The first-order chi connectivity index (χ1) is 9.31. The van der Waals surface area contributed by atoms with Crippen LogP contribution in [0.5, 0.6) is 11.5 Å². The Morgan fingerprint density at radius 2 is 1.53 bits per heavy atom. The molecule has 0 aliphatic rings. The standard InChI is InChI=1S/C16H19NO2/c1-3-19-16-8-4-13(5-9-16)12-17-14-6-10-15(18-2)11-7-14/h4-11,17H,3,12H2,1-2H3. The third-order valence-electron chi connectivity index (χ3n) is 2.82. The van der Waals surface area contributed by atoms with Gasteiger partial charge in [0.25, 0.3) is 0 Å². The normalized spacial score (nSPS) is 10.0. The number of anilines is 1. The molecule has 0 amide bonds. The van der Waals surface area contributed by atoms with Gasteiger partial charge in [0.05, 0.1) is 13.7 Å². The summed E-state index contributed by atoms with van der Waals surface area (Å²) in [4.78, 5) is 0. The van der Waals surface area contributed by atoms with E-state index in [9.17, 15) is 0 Å². The van der Waals surface area contributed by atoms with Gasteiger partial charge in [-0.3, -0.25) is 0 Å². The summed E-state index contributed by atoms with van der Waals surface area (Å²) in [5, 5.41) is 3.37. The Kier molecular flexibility index (Phi) is 4.67. The number of rotatable bonds is 6. The Hall–Kier alpha value is -2.16. The fourth-order valence-electron chi connectivity index (χ4n) is 1.78. The Labute approximate surface area is 114 Å². The van der Waals surface area contributed by atoms with Crippen LogP contribution in [-0.2, 0) is 6.54 Å². The molecule has 0 aliphatic carbocycles. The van der Waals surface area contributed by atoms with Gasteiger partial charge in [-0.1, -0.05) is 12.1 Å². The molecule has 0 aliphatic heterocycles. The van der Waals surface area contributed by atoms with E-state index in [1.807, 2.05) is 43.3 Å². The molecule has 0 radical (unpaired) electrons. The molecule has 0 saturated heterocycles. The van der Waals surface area contributed by atoms with E-state index in [0.717, 1.165) is 23.7 Å². The summed E-state index contributed by atoms with van der Waals surface area (Å²) < 4.78 is 10.5. The minimum atomic E-state index is 0.698. The first kappa shape index (κ1) is 13.3. The number of hydrogen-bond acceptors (Lipinski definition) is 3. The predicted octanol–water partition coefficient (Wildman–Crippen LogP) is 3.71. The summed E-state index contributed by atoms with van der Waals surface area (Å²) in [7, 11) is 1.67.